The second-order valence-corrected chi connectivity index (χ2v) is 4.25. The third kappa shape index (κ3) is 4.02. The first kappa shape index (κ1) is 12.3. The molecule has 2 rings (SSSR count). The normalized spacial score (nSPS) is 11.9. The number of hydrogen-bond acceptors (Lipinski definition) is 1. The first-order valence-electron chi connectivity index (χ1n) is 6.12. The van der Waals surface area contributed by atoms with E-state index < -0.39 is 0 Å². The standard InChI is InChI=1S/C17H17N/c1-15(12-16-8-4-2-5-9-16)13-18-14-17-10-6-3-7-11-17/h2-13H,14H2,1H3/b15-12+,18-13?. The minimum Gasteiger partial charge on any atom is -0.288 e. The van der Waals surface area contributed by atoms with E-state index in [2.05, 4.69) is 42.3 Å². The fraction of sp³-hybridized carbons (Fsp3) is 0.118. The lowest BCUT2D eigenvalue weighted by molar-refractivity contribution is 1.08. The Morgan fingerprint density at radius 2 is 1.56 bits per heavy atom. The Morgan fingerprint density at radius 1 is 0.944 bits per heavy atom. The largest absolute Gasteiger partial charge is 0.288 e. The Labute approximate surface area is 109 Å². The molecule has 0 aromatic heterocycles. The molecule has 0 bridgehead atoms. The lowest BCUT2D eigenvalue weighted by Crippen LogP contribution is -1.83. The molecule has 0 atom stereocenters. The van der Waals surface area contributed by atoms with E-state index in [9.17, 15) is 0 Å². The first-order valence-corrected chi connectivity index (χ1v) is 6.12. The van der Waals surface area contributed by atoms with Gasteiger partial charge in [0.1, 0.15) is 0 Å². The molecule has 0 aliphatic heterocycles. The van der Waals surface area contributed by atoms with Crippen LogP contribution in [0.15, 0.2) is 71.2 Å². The van der Waals surface area contributed by atoms with Crippen LogP contribution in [0.3, 0.4) is 0 Å². The quantitative estimate of drug-likeness (QED) is 0.698. The molecular formula is C17H17N. The first-order chi connectivity index (χ1) is 8.84. The molecule has 90 valence electrons. The predicted octanol–water partition coefficient (Wildman–Crippen LogP) is 4.36. The molecule has 0 N–H and O–H groups in total. The van der Waals surface area contributed by atoms with Gasteiger partial charge in [0.05, 0.1) is 6.54 Å². The monoisotopic (exact) mass is 235 g/mol. The smallest absolute Gasteiger partial charge is 0.0639 e. The van der Waals surface area contributed by atoms with Gasteiger partial charge in [-0.15, -0.1) is 0 Å². The molecule has 0 saturated heterocycles. The number of benzene rings is 2. The van der Waals surface area contributed by atoms with Crippen LogP contribution < -0.4 is 0 Å². The summed E-state index contributed by atoms with van der Waals surface area (Å²) in [5.74, 6) is 0. The minimum absolute atomic E-state index is 0.737. The molecule has 0 heterocycles. The summed E-state index contributed by atoms with van der Waals surface area (Å²) < 4.78 is 0. The topological polar surface area (TPSA) is 12.4 Å². The lowest BCUT2D eigenvalue weighted by Gasteiger charge is -1.96. The van der Waals surface area contributed by atoms with E-state index in [1.54, 1.807) is 0 Å². The molecule has 0 spiro atoms. The van der Waals surface area contributed by atoms with Gasteiger partial charge in [-0.05, 0) is 23.6 Å². The van der Waals surface area contributed by atoms with Crippen molar-refractivity contribution in [3.05, 3.63) is 77.4 Å². The molecule has 2 aromatic rings. The van der Waals surface area contributed by atoms with Crippen LogP contribution in [0.2, 0.25) is 0 Å². The van der Waals surface area contributed by atoms with Gasteiger partial charge in [-0.1, -0.05) is 66.7 Å². The van der Waals surface area contributed by atoms with Crippen molar-refractivity contribution in [1.82, 2.24) is 0 Å². The van der Waals surface area contributed by atoms with E-state index in [0.717, 1.165) is 12.1 Å². The summed E-state index contributed by atoms with van der Waals surface area (Å²) in [5.41, 5.74) is 3.61. The molecule has 1 nitrogen and oxygen atoms in total. The molecule has 0 aliphatic carbocycles. The third-order valence-corrected chi connectivity index (χ3v) is 2.61. The highest BCUT2D eigenvalue weighted by Crippen LogP contribution is 2.05. The summed E-state index contributed by atoms with van der Waals surface area (Å²) in [5, 5.41) is 0. The second kappa shape index (κ2) is 6.55. The molecule has 0 fully saturated rings. The maximum absolute atomic E-state index is 4.44. The fourth-order valence-electron chi connectivity index (χ4n) is 1.73. The van der Waals surface area contributed by atoms with E-state index in [-0.39, 0.29) is 0 Å². The van der Waals surface area contributed by atoms with E-state index in [1.807, 2.05) is 42.6 Å². The zero-order valence-electron chi connectivity index (χ0n) is 10.6. The van der Waals surface area contributed by atoms with Gasteiger partial charge in [-0.2, -0.15) is 0 Å². The van der Waals surface area contributed by atoms with Gasteiger partial charge in [0.2, 0.25) is 0 Å². The van der Waals surface area contributed by atoms with E-state index in [4.69, 9.17) is 0 Å². The van der Waals surface area contributed by atoms with Crippen molar-refractivity contribution in [2.45, 2.75) is 13.5 Å². The molecule has 0 amide bonds. The summed E-state index contributed by atoms with van der Waals surface area (Å²) in [7, 11) is 0. The predicted molar refractivity (Wildman–Crippen MR) is 78.7 cm³/mol. The maximum Gasteiger partial charge on any atom is 0.0639 e. The minimum atomic E-state index is 0.737. The number of nitrogens with zero attached hydrogens (tertiary/aromatic N) is 1. The van der Waals surface area contributed by atoms with Gasteiger partial charge in [-0.3, -0.25) is 4.99 Å². The Kier molecular flexibility index (Phi) is 4.48. The Bertz CT molecular complexity index is 524. The average Bonchev–Trinajstić information content (AvgIpc) is 2.41. The van der Waals surface area contributed by atoms with Crippen molar-refractivity contribution in [2.24, 2.45) is 4.99 Å². The number of allylic oxidation sites excluding steroid dienone is 1. The Balaban J connectivity index is 1.95. The van der Waals surface area contributed by atoms with Crippen LogP contribution in [0, 0.1) is 0 Å². The summed E-state index contributed by atoms with van der Waals surface area (Å²) in [6, 6.07) is 20.6. The van der Waals surface area contributed by atoms with Crippen LogP contribution >= 0.6 is 0 Å². The Morgan fingerprint density at radius 3 is 2.22 bits per heavy atom. The van der Waals surface area contributed by atoms with Crippen molar-refractivity contribution in [2.75, 3.05) is 0 Å². The summed E-state index contributed by atoms with van der Waals surface area (Å²) in [6.07, 6.45) is 4.06. The summed E-state index contributed by atoms with van der Waals surface area (Å²) in [6.45, 7) is 2.81. The zero-order valence-corrected chi connectivity index (χ0v) is 10.6. The van der Waals surface area contributed by atoms with Crippen molar-refractivity contribution < 1.29 is 0 Å². The molecule has 0 radical (unpaired) electrons. The van der Waals surface area contributed by atoms with Gasteiger partial charge in [0, 0.05) is 6.21 Å². The SMILES string of the molecule is C/C(C=NCc1ccccc1)=C\c1ccccc1. The van der Waals surface area contributed by atoms with Crippen molar-refractivity contribution in [3.63, 3.8) is 0 Å². The molecule has 0 saturated carbocycles. The van der Waals surface area contributed by atoms with Gasteiger partial charge in [-0.25, -0.2) is 0 Å². The van der Waals surface area contributed by atoms with Crippen LogP contribution in [0.5, 0.6) is 0 Å². The zero-order chi connectivity index (χ0) is 12.6. The van der Waals surface area contributed by atoms with Crippen LogP contribution in [0.1, 0.15) is 18.1 Å². The number of aliphatic imine (C=N–C) groups is 1. The third-order valence-electron chi connectivity index (χ3n) is 2.61. The average molecular weight is 235 g/mol. The molecule has 0 unspecified atom stereocenters. The number of hydrogen-bond donors (Lipinski definition) is 0. The number of rotatable bonds is 4. The lowest BCUT2D eigenvalue weighted by atomic mass is 10.1. The van der Waals surface area contributed by atoms with Crippen LogP contribution in [0.4, 0.5) is 0 Å². The van der Waals surface area contributed by atoms with Crippen molar-refractivity contribution in [1.29, 1.82) is 0 Å². The fourth-order valence-corrected chi connectivity index (χ4v) is 1.73. The van der Waals surface area contributed by atoms with Crippen LogP contribution in [0.25, 0.3) is 6.08 Å². The Hall–Kier alpha value is -2.15. The van der Waals surface area contributed by atoms with Gasteiger partial charge in [0.15, 0.2) is 0 Å². The molecular weight excluding hydrogens is 218 g/mol. The van der Waals surface area contributed by atoms with Crippen molar-refractivity contribution in [3.8, 4) is 0 Å². The van der Waals surface area contributed by atoms with E-state index in [0.29, 0.717) is 0 Å². The van der Waals surface area contributed by atoms with Crippen LogP contribution in [-0.4, -0.2) is 6.21 Å². The molecule has 1 heteroatoms. The molecule has 0 aliphatic rings. The highest BCUT2D eigenvalue weighted by atomic mass is 14.7. The summed E-state index contributed by atoms with van der Waals surface area (Å²) >= 11 is 0. The van der Waals surface area contributed by atoms with Crippen LogP contribution in [-0.2, 0) is 6.54 Å². The van der Waals surface area contributed by atoms with Crippen molar-refractivity contribution >= 4 is 12.3 Å². The molecule has 2 aromatic carbocycles. The van der Waals surface area contributed by atoms with Gasteiger partial charge >= 0.3 is 0 Å². The maximum atomic E-state index is 4.44. The van der Waals surface area contributed by atoms with Gasteiger partial charge < -0.3 is 0 Å². The van der Waals surface area contributed by atoms with E-state index in [1.165, 1.54) is 11.1 Å². The second-order valence-electron chi connectivity index (χ2n) is 4.25. The highest BCUT2D eigenvalue weighted by molar-refractivity contribution is 5.84. The summed E-state index contributed by atoms with van der Waals surface area (Å²) in [4.78, 5) is 4.44. The highest BCUT2D eigenvalue weighted by Gasteiger charge is 1.89. The molecule has 18 heavy (non-hydrogen) atoms. The van der Waals surface area contributed by atoms with Gasteiger partial charge in [0.25, 0.3) is 0 Å². The van der Waals surface area contributed by atoms with E-state index >= 15 is 0 Å².